The molecule has 1 atom stereocenters. The second-order valence-electron chi connectivity index (χ2n) is 13.1. The molecule has 1 heterocycles. The first-order valence-corrected chi connectivity index (χ1v) is 19.3. The number of amidine groups is 1. The van der Waals surface area contributed by atoms with Crippen LogP contribution in [0.4, 0.5) is 25.8 Å². The summed E-state index contributed by atoms with van der Waals surface area (Å²) in [6.07, 6.45) is 2.37. The van der Waals surface area contributed by atoms with E-state index in [1.807, 2.05) is 56.6 Å². The number of hydrogen-bond donors (Lipinski definition) is 2. The second-order valence-corrected chi connectivity index (χ2v) is 15.8. The molecule has 10 nitrogen and oxygen atoms in total. The number of nitrogens with one attached hydrogen (secondary N) is 1. The maximum absolute atomic E-state index is 14.4. The molecule has 0 unspecified atom stereocenters. The fraction of sp³-hybridized carbons (Fsp3) is 0.342. The van der Waals surface area contributed by atoms with Gasteiger partial charge >= 0.3 is 0 Å². The Balaban J connectivity index is 1.24. The molecule has 4 aromatic carbocycles. The Kier molecular flexibility index (Phi) is 13.0. The molecule has 0 bridgehead atoms. The zero-order chi connectivity index (χ0) is 37.3. The first kappa shape index (κ1) is 38.9. The van der Waals surface area contributed by atoms with E-state index < -0.39 is 27.3 Å². The number of rotatable bonds is 16. The van der Waals surface area contributed by atoms with Crippen LogP contribution in [0, 0.1) is 16.5 Å². The summed E-state index contributed by atoms with van der Waals surface area (Å²) in [4.78, 5) is 17.1. The molecule has 0 saturated carbocycles. The predicted octanol–water partition coefficient (Wildman–Crippen LogP) is 7.21. The Bertz CT molecular complexity index is 1960. The number of methoxy groups -OCH3 is 1. The van der Waals surface area contributed by atoms with E-state index in [4.69, 9.17) is 10.5 Å². The lowest BCUT2D eigenvalue weighted by Crippen LogP contribution is -2.47. The van der Waals surface area contributed by atoms with Crippen molar-refractivity contribution in [2.75, 3.05) is 56.8 Å². The summed E-state index contributed by atoms with van der Waals surface area (Å²) in [5, 5.41) is 6.52. The van der Waals surface area contributed by atoms with Crippen LogP contribution < -0.4 is 16.0 Å². The number of nitrogens with two attached hydrogens (primary N) is 1. The van der Waals surface area contributed by atoms with E-state index in [1.54, 1.807) is 31.0 Å². The fourth-order valence-electron chi connectivity index (χ4n) is 6.13. The molecule has 5 rings (SSSR count). The van der Waals surface area contributed by atoms with Crippen LogP contribution >= 0.6 is 11.8 Å². The number of nitroso groups, excluding NO2 is 1. The smallest absolute Gasteiger partial charge is 0.284 e. The summed E-state index contributed by atoms with van der Waals surface area (Å²) in [6, 6.07) is 24.8. The number of thioether (sulfide) groups is 1. The summed E-state index contributed by atoms with van der Waals surface area (Å²) in [5.74, 6) is -0.677. The van der Waals surface area contributed by atoms with E-state index in [0.29, 0.717) is 49.2 Å². The lowest BCUT2D eigenvalue weighted by atomic mass is 9.84. The van der Waals surface area contributed by atoms with Gasteiger partial charge in [0.25, 0.3) is 10.0 Å². The van der Waals surface area contributed by atoms with Crippen molar-refractivity contribution in [3.63, 3.8) is 0 Å². The van der Waals surface area contributed by atoms with E-state index in [1.165, 1.54) is 30.3 Å². The number of anilines is 2. The first-order chi connectivity index (χ1) is 24.9. The predicted molar refractivity (Wildman–Crippen MR) is 205 cm³/mol. The van der Waals surface area contributed by atoms with Crippen LogP contribution in [0.2, 0.25) is 0 Å². The molecule has 1 aliphatic heterocycles. The molecule has 52 heavy (non-hydrogen) atoms. The Morgan fingerprint density at radius 1 is 1.02 bits per heavy atom. The van der Waals surface area contributed by atoms with Gasteiger partial charge in [0, 0.05) is 60.6 Å². The van der Waals surface area contributed by atoms with Crippen LogP contribution in [-0.2, 0) is 21.2 Å². The molecule has 1 aliphatic rings. The number of halogens is 2. The molecule has 4 aromatic rings. The topological polar surface area (TPSA) is 130 Å². The Hall–Kier alpha value is -4.37. The third-order valence-corrected chi connectivity index (χ3v) is 11.7. The van der Waals surface area contributed by atoms with Gasteiger partial charge in [0.1, 0.15) is 23.2 Å². The van der Waals surface area contributed by atoms with Crippen molar-refractivity contribution in [1.82, 2.24) is 4.90 Å². The minimum absolute atomic E-state index is 0.0225. The van der Waals surface area contributed by atoms with Gasteiger partial charge in [-0.25, -0.2) is 8.78 Å². The summed E-state index contributed by atoms with van der Waals surface area (Å²) < 4.78 is 64.2. The lowest BCUT2D eigenvalue weighted by molar-refractivity contribution is -0.0295. The SMILES string of the molecule is COC1(Cc2ccc(F)cc2F)CCN(c2ccc(C(N)=NS(=O)(=O)c3ccc(N[C@H](CCN(C)C)CSc4ccccc4)c(N=O)c3)cc2)CC1. The largest absolute Gasteiger partial charge is 0.383 e. The minimum atomic E-state index is -4.28. The van der Waals surface area contributed by atoms with Gasteiger partial charge in [0.05, 0.1) is 16.2 Å². The van der Waals surface area contributed by atoms with Crippen LogP contribution in [-0.4, -0.2) is 77.4 Å². The van der Waals surface area contributed by atoms with Gasteiger partial charge < -0.3 is 25.6 Å². The number of sulfonamides is 1. The molecule has 14 heteroatoms. The van der Waals surface area contributed by atoms with E-state index in [2.05, 4.69) is 24.7 Å². The van der Waals surface area contributed by atoms with E-state index in [-0.39, 0.29) is 22.5 Å². The minimum Gasteiger partial charge on any atom is -0.383 e. The second kappa shape index (κ2) is 17.4. The lowest BCUT2D eigenvalue weighted by Gasteiger charge is -2.42. The highest BCUT2D eigenvalue weighted by Gasteiger charge is 2.35. The Labute approximate surface area is 308 Å². The molecule has 0 radical (unpaired) electrons. The molecular formula is C38H44F2N6O4S2. The molecule has 1 fully saturated rings. The van der Waals surface area contributed by atoms with Crippen LogP contribution in [0.15, 0.2) is 110 Å². The molecule has 0 aromatic heterocycles. The molecule has 0 amide bonds. The molecule has 0 aliphatic carbocycles. The van der Waals surface area contributed by atoms with Gasteiger partial charge in [-0.3, -0.25) is 0 Å². The van der Waals surface area contributed by atoms with Crippen LogP contribution in [0.3, 0.4) is 0 Å². The van der Waals surface area contributed by atoms with Crippen molar-refractivity contribution >= 4 is 44.7 Å². The van der Waals surface area contributed by atoms with Gasteiger partial charge in [0.15, 0.2) is 0 Å². The number of piperidine rings is 1. The number of benzene rings is 4. The number of ether oxygens (including phenoxy) is 1. The number of hydrogen-bond acceptors (Lipinski definition) is 9. The summed E-state index contributed by atoms with van der Waals surface area (Å²) in [5.41, 5.74) is 7.71. The van der Waals surface area contributed by atoms with Gasteiger partial charge in [-0.2, -0.15) is 8.42 Å². The van der Waals surface area contributed by atoms with Gasteiger partial charge in [-0.15, -0.1) is 21.1 Å². The highest BCUT2D eigenvalue weighted by atomic mass is 32.2. The molecule has 3 N–H and O–H groups in total. The van der Waals surface area contributed by atoms with E-state index in [0.717, 1.165) is 35.4 Å². The van der Waals surface area contributed by atoms with Crippen molar-refractivity contribution < 1.29 is 21.9 Å². The highest BCUT2D eigenvalue weighted by Crippen LogP contribution is 2.34. The van der Waals surface area contributed by atoms with E-state index >= 15 is 0 Å². The summed E-state index contributed by atoms with van der Waals surface area (Å²) in [6.45, 7) is 2.08. The van der Waals surface area contributed by atoms with Gasteiger partial charge in [-0.1, -0.05) is 24.3 Å². The molecule has 276 valence electrons. The van der Waals surface area contributed by atoms with Crippen LogP contribution in [0.1, 0.15) is 30.4 Å². The first-order valence-electron chi connectivity index (χ1n) is 16.9. The quantitative estimate of drug-likeness (QED) is 0.0528. The molecular weight excluding hydrogens is 707 g/mol. The average Bonchev–Trinajstić information content (AvgIpc) is 3.14. The van der Waals surface area contributed by atoms with Crippen molar-refractivity contribution in [3.8, 4) is 0 Å². The fourth-order valence-corrected chi connectivity index (χ4v) is 8.09. The zero-order valence-electron chi connectivity index (χ0n) is 29.5. The third-order valence-electron chi connectivity index (χ3n) is 9.23. The zero-order valence-corrected chi connectivity index (χ0v) is 31.1. The van der Waals surface area contributed by atoms with Gasteiger partial charge in [-0.05, 0) is 111 Å². The normalized spacial score (nSPS) is 15.4. The highest BCUT2D eigenvalue weighted by molar-refractivity contribution is 7.99. The Morgan fingerprint density at radius 2 is 1.73 bits per heavy atom. The van der Waals surface area contributed by atoms with E-state index in [9.17, 15) is 22.1 Å². The van der Waals surface area contributed by atoms with Crippen molar-refractivity contribution in [1.29, 1.82) is 0 Å². The van der Waals surface area contributed by atoms with Crippen molar-refractivity contribution in [2.24, 2.45) is 15.3 Å². The molecule has 1 saturated heterocycles. The monoisotopic (exact) mass is 750 g/mol. The third kappa shape index (κ3) is 10.1. The van der Waals surface area contributed by atoms with Crippen LogP contribution in [0.25, 0.3) is 0 Å². The van der Waals surface area contributed by atoms with Crippen LogP contribution in [0.5, 0.6) is 0 Å². The standard InChI is InChI=1S/C38H44F2N6O4S2/c1-45(2)20-17-30(26-51-32-7-5-4-6-8-32)42-35-16-15-33(24-36(35)43-47)52(48,49)44-37(41)27-10-13-31(14-11-27)46-21-18-38(50-3,19-22-46)25-28-9-12-29(39)23-34(28)40/h4-16,23-24,30,42H,17-22,25-26H2,1-3H3,(H2,41,44)/t30-/m1/s1. The van der Waals surface area contributed by atoms with Crippen molar-refractivity contribution in [2.45, 2.75) is 47.1 Å². The maximum atomic E-state index is 14.4. The van der Waals surface area contributed by atoms with Crippen molar-refractivity contribution in [3.05, 3.63) is 119 Å². The Morgan fingerprint density at radius 3 is 2.37 bits per heavy atom. The maximum Gasteiger partial charge on any atom is 0.284 e. The van der Waals surface area contributed by atoms with Gasteiger partial charge in [0.2, 0.25) is 0 Å². The number of nitrogens with zero attached hydrogens (tertiary/aromatic N) is 4. The molecule has 0 spiro atoms. The summed E-state index contributed by atoms with van der Waals surface area (Å²) in [7, 11) is 1.32. The summed E-state index contributed by atoms with van der Waals surface area (Å²) >= 11 is 1.69. The average molecular weight is 751 g/mol.